The van der Waals surface area contributed by atoms with Crippen LogP contribution in [-0.2, 0) is 0 Å². The fourth-order valence-electron chi connectivity index (χ4n) is 3.77. The molecule has 0 aliphatic heterocycles. The van der Waals surface area contributed by atoms with E-state index in [-0.39, 0.29) is 17.7 Å². The highest BCUT2D eigenvalue weighted by molar-refractivity contribution is 5.94. The summed E-state index contributed by atoms with van der Waals surface area (Å²) in [6.07, 6.45) is 0.790. The first kappa shape index (κ1) is 22.4. The number of nitrogens with zero attached hydrogens (tertiary/aromatic N) is 6. The van der Waals surface area contributed by atoms with Crippen molar-refractivity contribution in [1.29, 1.82) is 0 Å². The summed E-state index contributed by atoms with van der Waals surface area (Å²) in [5, 5.41) is 14.7. The number of hydrogen-bond donors (Lipinski definition) is 2. The van der Waals surface area contributed by atoms with Gasteiger partial charge in [0, 0.05) is 36.6 Å². The number of nitrogens with one attached hydrogen (secondary N) is 2. The molecule has 0 radical (unpaired) electrons. The number of hydrogen-bond acceptors (Lipinski definition) is 6. The van der Waals surface area contributed by atoms with E-state index < -0.39 is 0 Å². The molecule has 0 spiro atoms. The van der Waals surface area contributed by atoms with Gasteiger partial charge in [0.25, 0.3) is 11.8 Å². The van der Waals surface area contributed by atoms with E-state index in [4.69, 9.17) is 0 Å². The Morgan fingerprint density at radius 3 is 1.58 bits per heavy atom. The molecule has 0 aliphatic rings. The van der Waals surface area contributed by atoms with Crippen molar-refractivity contribution in [2.24, 2.45) is 5.92 Å². The Morgan fingerprint density at radius 1 is 0.758 bits per heavy atom. The summed E-state index contributed by atoms with van der Waals surface area (Å²) < 4.78 is 3.12. The van der Waals surface area contributed by atoms with Gasteiger partial charge in [-0.05, 0) is 52.2 Å². The van der Waals surface area contributed by atoms with Gasteiger partial charge >= 0.3 is 0 Å². The molecule has 0 aromatic carbocycles. The Balaban J connectivity index is 1.42. The third kappa shape index (κ3) is 4.69. The zero-order valence-electron chi connectivity index (χ0n) is 19.5. The van der Waals surface area contributed by atoms with Crippen LogP contribution in [0.15, 0.2) is 24.3 Å². The predicted octanol–water partition coefficient (Wildman–Crippen LogP) is 2.19. The lowest BCUT2D eigenvalue weighted by molar-refractivity contribution is 0.0931. The van der Waals surface area contributed by atoms with Gasteiger partial charge in [-0.25, -0.2) is 19.0 Å². The van der Waals surface area contributed by atoms with Gasteiger partial charge in [0.05, 0.1) is 11.4 Å². The minimum atomic E-state index is -0.225. The molecule has 0 aliphatic carbocycles. The van der Waals surface area contributed by atoms with Crippen molar-refractivity contribution >= 4 is 23.1 Å². The van der Waals surface area contributed by atoms with E-state index >= 15 is 0 Å². The van der Waals surface area contributed by atoms with Gasteiger partial charge in [0.1, 0.15) is 11.4 Å². The topological polar surface area (TPSA) is 119 Å². The van der Waals surface area contributed by atoms with Crippen molar-refractivity contribution in [3.05, 3.63) is 58.4 Å². The van der Waals surface area contributed by atoms with Crippen LogP contribution in [0.5, 0.6) is 0 Å². The monoisotopic (exact) mass is 448 g/mol. The number of fused-ring (bicyclic) bond motifs is 2. The molecule has 4 rings (SSSR count). The van der Waals surface area contributed by atoms with Crippen LogP contribution in [0, 0.1) is 33.6 Å². The van der Waals surface area contributed by atoms with Crippen molar-refractivity contribution in [2.45, 2.75) is 41.0 Å². The first-order chi connectivity index (χ1) is 15.7. The van der Waals surface area contributed by atoms with Crippen LogP contribution in [0.4, 0.5) is 0 Å². The molecule has 33 heavy (non-hydrogen) atoms. The third-order valence-corrected chi connectivity index (χ3v) is 5.50. The molecule has 2 amide bonds. The fourth-order valence-corrected chi connectivity index (χ4v) is 3.77. The van der Waals surface area contributed by atoms with E-state index in [1.807, 2.05) is 46.8 Å². The van der Waals surface area contributed by atoms with Gasteiger partial charge in [0.15, 0.2) is 11.3 Å². The normalized spacial score (nSPS) is 11.5. The van der Waals surface area contributed by atoms with E-state index in [2.05, 4.69) is 30.8 Å². The summed E-state index contributed by atoms with van der Waals surface area (Å²) in [6.45, 7) is 10.3. The first-order valence-corrected chi connectivity index (χ1v) is 11.0. The maximum atomic E-state index is 12.9. The molecular weight excluding hydrogens is 420 g/mol. The van der Waals surface area contributed by atoms with Crippen LogP contribution in [0.1, 0.15) is 57.1 Å². The number of aromatic nitrogens is 6. The second kappa shape index (κ2) is 8.97. The van der Waals surface area contributed by atoms with E-state index in [1.54, 1.807) is 21.2 Å². The van der Waals surface area contributed by atoms with Crippen molar-refractivity contribution < 1.29 is 9.59 Å². The van der Waals surface area contributed by atoms with Gasteiger partial charge < -0.3 is 10.6 Å². The summed E-state index contributed by atoms with van der Waals surface area (Å²) in [5.74, 6) is -0.387. The molecule has 0 unspecified atom stereocenters. The van der Waals surface area contributed by atoms with E-state index in [0.717, 1.165) is 29.2 Å². The van der Waals surface area contributed by atoms with Crippen LogP contribution >= 0.6 is 0 Å². The Bertz CT molecular complexity index is 1250. The summed E-state index contributed by atoms with van der Waals surface area (Å²) in [5.41, 5.74) is 5.25. The van der Waals surface area contributed by atoms with Crippen LogP contribution in [0.25, 0.3) is 11.3 Å². The Hall–Kier alpha value is -3.82. The van der Waals surface area contributed by atoms with Crippen molar-refractivity contribution in [3.63, 3.8) is 0 Å². The molecule has 2 N–H and O–H groups in total. The summed E-state index contributed by atoms with van der Waals surface area (Å²) in [6, 6.07) is 7.13. The number of amides is 2. The smallest absolute Gasteiger partial charge is 0.270 e. The number of carbonyl (C=O) groups is 2. The summed E-state index contributed by atoms with van der Waals surface area (Å²) >= 11 is 0. The number of rotatable bonds is 7. The zero-order valence-corrected chi connectivity index (χ0v) is 19.5. The maximum absolute atomic E-state index is 12.9. The molecule has 0 atom stereocenters. The molecule has 0 fully saturated rings. The highest BCUT2D eigenvalue weighted by Crippen LogP contribution is 2.11. The molecule has 172 valence electrons. The number of carbonyl (C=O) groups excluding carboxylic acids is 2. The molecule has 4 aromatic rings. The average Bonchev–Trinajstić information content (AvgIpc) is 3.32. The van der Waals surface area contributed by atoms with Gasteiger partial charge in [-0.3, -0.25) is 9.59 Å². The lowest BCUT2D eigenvalue weighted by Crippen LogP contribution is -2.37. The maximum Gasteiger partial charge on any atom is 0.270 e. The van der Waals surface area contributed by atoms with E-state index in [0.29, 0.717) is 35.8 Å². The average molecular weight is 449 g/mol. The van der Waals surface area contributed by atoms with Gasteiger partial charge in [-0.1, -0.05) is 6.92 Å². The molecular formula is C23H28N8O2. The van der Waals surface area contributed by atoms with Crippen LogP contribution < -0.4 is 10.6 Å². The molecule has 0 saturated heterocycles. The third-order valence-electron chi connectivity index (χ3n) is 5.50. The Kier molecular flexibility index (Phi) is 6.08. The van der Waals surface area contributed by atoms with Gasteiger partial charge in [-0.2, -0.15) is 10.2 Å². The summed E-state index contributed by atoms with van der Waals surface area (Å²) in [4.78, 5) is 34.6. The Labute approximate surface area is 191 Å². The highest BCUT2D eigenvalue weighted by atomic mass is 16.2. The molecule has 0 saturated carbocycles. The van der Waals surface area contributed by atoms with Gasteiger partial charge in [-0.15, -0.1) is 0 Å². The van der Waals surface area contributed by atoms with E-state index in [1.165, 1.54) is 0 Å². The molecule has 10 nitrogen and oxygen atoms in total. The lowest BCUT2D eigenvalue weighted by Gasteiger charge is -2.17. The lowest BCUT2D eigenvalue weighted by atomic mass is 10.1. The molecule has 0 bridgehead atoms. The van der Waals surface area contributed by atoms with Crippen molar-refractivity contribution in [1.82, 2.24) is 39.8 Å². The van der Waals surface area contributed by atoms with Crippen molar-refractivity contribution in [3.8, 4) is 0 Å². The molecule has 4 aromatic heterocycles. The molecule has 4 heterocycles. The molecule has 10 heteroatoms. The predicted molar refractivity (Wildman–Crippen MR) is 123 cm³/mol. The second-order valence-corrected chi connectivity index (χ2v) is 8.37. The Morgan fingerprint density at radius 2 is 1.18 bits per heavy atom. The zero-order chi connectivity index (χ0) is 23.7. The van der Waals surface area contributed by atoms with E-state index in [9.17, 15) is 9.59 Å². The van der Waals surface area contributed by atoms with Crippen LogP contribution in [0.2, 0.25) is 0 Å². The quantitative estimate of drug-likeness (QED) is 0.447. The highest BCUT2D eigenvalue weighted by Gasteiger charge is 2.18. The minimum absolute atomic E-state index is 0.0634. The summed E-state index contributed by atoms with van der Waals surface area (Å²) in [7, 11) is 0. The fraction of sp³-hybridized carbons (Fsp3) is 0.391. The van der Waals surface area contributed by atoms with Crippen LogP contribution in [-0.4, -0.2) is 54.1 Å². The SMILES string of the molecule is CCC(CNC(=O)c1cc(C)nc2cc(C)nn12)CNC(=O)c1cc(C)nc2cc(C)nn12. The van der Waals surface area contributed by atoms with Crippen molar-refractivity contribution in [2.75, 3.05) is 13.1 Å². The minimum Gasteiger partial charge on any atom is -0.350 e. The number of aryl methyl sites for hydroxylation is 4. The van der Waals surface area contributed by atoms with Crippen LogP contribution in [0.3, 0.4) is 0 Å². The standard InChI is InChI=1S/C23H28N8O2/c1-6-17(11-24-22(32)18-7-13(2)26-20-9-15(4)28-30(18)20)12-25-23(33)19-8-14(3)27-21-10-16(5)29-31(19)21/h7-10,17H,6,11-12H2,1-5H3,(H,24,32)(H,25,33). The first-order valence-electron chi connectivity index (χ1n) is 11.0. The van der Waals surface area contributed by atoms with Gasteiger partial charge in [0.2, 0.25) is 0 Å². The second-order valence-electron chi connectivity index (χ2n) is 8.37. The largest absolute Gasteiger partial charge is 0.350 e.